The quantitative estimate of drug-likeness (QED) is 0.578. The van der Waals surface area contributed by atoms with Crippen LogP contribution in [0.25, 0.3) is 6.08 Å². The third-order valence-corrected chi connectivity index (χ3v) is 1.82. The molecule has 0 spiro atoms. The van der Waals surface area contributed by atoms with E-state index in [4.69, 9.17) is 5.26 Å². The maximum absolute atomic E-state index is 12.9. The number of ether oxygens (including phenoxy) is 1. The van der Waals surface area contributed by atoms with Crippen LogP contribution < -0.4 is 0 Å². The van der Waals surface area contributed by atoms with Gasteiger partial charge < -0.3 is 4.74 Å². The van der Waals surface area contributed by atoms with Crippen LogP contribution in [0.5, 0.6) is 0 Å². The van der Waals surface area contributed by atoms with Gasteiger partial charge in [-0.1, -0.05) is 0 Å². The van der Waals surface area contributed by atoms with E-state index >= 15 is 0 Å². The van der Waals surface area contributed by atoms with E-state index in [1.165, 1.54) is 30.4 Å². The third-order valence-electron chi connectivity index (χ3n) is 1.82. The summed E-state index contributed by atoms with van der Waals surface area (Å²) in [5.41, 5.74) is 0.664. The van der Waals surface area contributed by atoms with Crippen LogP contribution in [0.4, 0.5) is 4.39 Å². The fourth-order valence-corrected chi connectivity index (χ4v) is 1.12. The predicted molar refractivity (Wildman–Crippen MR) is 56.8 cm³/mol. The van der Waals surface area contributed by atoms with Gasteiger partial charge in [0.2, 0.25) is 0 Å². The first-order valence-electron chi connectivity index (χ1n) is 4.72. The molecule has 16 heavy (non-hydrogen) atoms. The minimum atomic E-state index is -0.518. The summed E-state index contributed by atoms with van der Waals surface area (Å²) in [5, 5.41) is 8.76. The maximum atomic E-state index is 12.9. The van der Waals surface area contributed by atoms with Crippen molar-refractivity contribution < 1.29 is 13.9 Å². The van der Waals surface area contributed by atoms with Crippen LogP contribution in [0.1, 0.15) is 18.1 Å². The second-order valence-corrected chi connectivity index (χ2v) is 2.93. The molecule has 0 radical (unpaired) electrons. The van der Waals surface area contributed by atoms with Crippen LogP contribution in [0.3, 0.4) is 0 Å². The van der Waals surface area contributed by atoms with Gasteiger partial charge in [-0.05, 0) is 36.8 Å². The van der Waals surface area contributed by atoms with Crippen molar-refractivity contribution in [2.45, 2.75) is 6.92 Å². The fraction of sp³-hybridized carbons (Fsp3) is 0.167. The lowest BCUT2D eigenvalue weighted by atomic mass is 10.1. The van der Waals surface area contributed by atoms with Gasteiger partial charge in [-0.15, -0.1) is 0 Å². The van der Waals surface area contributed by atoms with Crippen molar-refractivity contribution in [1.82, 2.24) is 0 Å². The molecule has 1 aromatic rings. The van der Waals surface area contributed by atoms with Gasteiger partial charge in [0.25, 0.3) is 0 Å². The van der Waals surface area contributed by atoms with E-state index in [9.17, 15) is 9.18 Å². The molecule has 1 aromatic carbocycles. The highest BCUT2D eigenvalue weighted by Crippen LogP contribution is 2.12. The largest absolute Gasteiger partial charge is 0.463 e. The van der Waals surface area contributed by atoms with Gasteiger partial charge in [-0.3, -0.25) is 0 Å². The zero-order valence-corrected chi connectivity index (χ0v) is 8.74. The number of benzene rings is 1. The Morgan fingerprint density at radius 3 is 3.00 bits per heavy atom. The zero-order chi connectivity index (χ0) is 12.0. The van der Waals surface area contributed by atoms with Crippen molar-refractivity contribution >= 4 is 12.0 Å². The Bertz CT molecular complexity index is 461. The Hall–Kier alpha value is -2.15. The molecule has 0 aliphatic rings. The highest BCUT2D eigenvalue weighted by atomic mass is 19.1. The summed E-state index contributed by atoms with van der Waals surface area (Å²) in [4.78, 5) is 11.0. The van der Waals surface area contributed by atoms with Crippen molar-refractivity contribution in [3.05, 3.63) is 41.2 Å². The SMILES string of the molecule is CCOC(=O)/C=C/c1cc(F)ccc1C#N. The Balaban J connectivity index is 2.92. The summed E-state index contributed by atoms with van der Waals surface area (Å²) in [5.74, 6) is -0.974. The lowest BCUT2D eigenvalue weighted by Gasteiger charge is -1.98. The summed E-state index contributed by atoms with van der Waals surface area (Å²) in [6.45, 7) is 1.96. The number of carbonyl (C=O) groups excluding carboxylic acids is 1. The Morgan fingerprint density at radius 1 is 1.62 bits per heavy atom. The van der Waals surface area contributed by atoms with E-state index in [2.05, 4.69) is 4.74 Å². The van der Waals surface area contributed by atoms with Gasteiger partial charge in [0.15, 0.2) is 0 Å². The van der Waals surface area contributed by atoms with E-state index < -0.39 is 11.8 Å². The second-order valence-electron chi connectivity index (χ2n) is 2.93. The number of halogens is 1. The molecule has 4 heteroatoms. The van der Waals surface area contributed by atoms with Crippen molar-refractivity contribution in [2.75, 3.05) is 6.61 Å². The summed E-state index contributed by atoms with van der Waals surface area (Å²) < 4.78 is 17.6. The molecule has 0 aliphatic carbocycles. The van der Waals surface area contributed by atoms with Gasteiger partial charge in [0, 0.05) is 6.08 Å². The predicted octanol–water partition coefficient (Wildman–Crippen LogP) is 2.27. The normalized spacial score (nSPS) is 10.1. The van der Waals surface area contributed by atoms with Crippen LogP contribution in [0.2, 0.25) is 0 Å². The molecule has 0 bridgehead atoms. The molecule has 0 saturated heterocycles. The molecule has 0 aliphatic heterocycles. The molecule has 0 fully saturated rings. The van der Waals surface area contributed by atoms with Crippen LogP contribution >= 0.6 is 0 Å². The number of nitrogens with zero attached hydrogens (tertiary/aromatic N) is 1. The van der Waals surface area contributed by atoms with Crippen LogP contribution in [-0.4, -0.2) is 12.6 Å². The van der Waals surface area contributed by atoms with Gasteiger partial charge in [-0.2, -0.15) is 5.26 Å². The summed E-state index contributed by atoms with van der Waals surface area (Å²) >= 11 is 0. The molecule has 0 aromatic heterocycles. The highest BCUT2D eigenvalue weighted by Gasteiger charge is 2.01. The minimum Gasteiger partial charge on any atom is -0.463 e. The molecule has 1 rings (SSSR count). The Labute approximate surface area is 92.8 Å². The molecule has 3 nitrogen and oxygen atoms in total. The van der Waals surface area contributed by atoms with Crippen molar-refractivity contribution in [1.29, 1.82) is 5.26 Å². The van der Waals surface area contributed by atoms with Crippen molar-refractivity contribution in [3.63, 3.8) is 0 Å². The zero-order valence-electron chi connectivity index (χ0n) is 8.74. The van der Waals surface area contributed by atoms with E-state index in [0.29, 0.717) is 11.1 Å². The number of esters is 1. The topological polar surface area (TPSA) is 50.1 Å². The summed E-state index contributed by atoms with van der Waals surface area (Å²) in [7, 11) is 0. The van der Waals surface area contributed by atoms with E-state index in [0.717, 1.165) is 0 Å². The van der Waals surface area contributed by atoms with Crippen LogP contribution in [0.15, 0.2) is 24.3 Å². The smallest absolute Gasteiger partial charge is 0.330 e. The molecule has 0 N–H and O–H groups in total. The first kappa shape index (κ1) is 11.9. The van der Waals surface area contributed by atoms with Gasteiger partial charge in [0.05, 0.1) is 18.2 Å². The number of hydrogen-bond donors (Lipinski definition) is 0. The lowest BCUT2D eigenvalue weighted by Crippen LogP contribution is -1.98. The standard InChI is InChI=1S/C12H10FNO2/c1-2-16-12(15)6-4-9-7-11(13)5-3-10(9)8-14/h3-7H,2H2,1H3/b6-4+. The average molecular weight is 219 g/mol. The van der Waals surface area contributed by atoms with E-state index in [-0.39, 0.29) is 6.61 Å². The van der Waals surface area contributed by atoms with E-state index in [1.54, 1.807) is 6.92 Å². The number of nitriles is 1. The van der Waals surface area contributed by atoms with Crippen molar-refractivity contribution in [2.24, 2.45) is 0 Å². The number of carbonyl (C=O) groups is 1. The molecule has 0 saturated carbocycles. The van der Waals surface area contributed by atoms with Gasteiger partial charge in [0.1, 0.15) is 5.82 Å². The lowest BCUT2D eigenvalue weighted by molar-refractivity contribution is -0.137. The van der Waals surface area contributed by atoms with Crippen molar-refractivity contribution in [3.8, 4) is 6.07 Å². The third kappa shape index (κ3) is 3.21. The monoisotopic (exact) mass is 219 g/mol. The van der Waals surface area contributed by atoms with Gasteiger partial charge >= 0.3 is 5.97 Å². The summed E-state index contributed by atoms with van der Waals surface area (Å²) in [6, 6.07) is 5.65. The average Bonchev–Trinajstić information content (AvgIpc) is 2.27. The van der Waals surface area contributed by atoms with Crippen LogP contribution in [-0.2, 0) is 9.53 Å². The molecular formula is C12H10FNO2. The Morgan fingerprint density at radius 2 is 2.38 bits per heavy atom. The molecule has 0 amide bonds. The fourth-order valence-electron chi connectivity index (χ4n) is 1.12. The molecule has 82 valence electrons. The molecule has 0 atom stereocenters. The van der Waals surface area contributed by atoms with Crippen LogP contribution in [0, 0.1) is 17.1 Å². The first-order chi connectivity index (χ1) is 7.67. The maximum Gasteiger partial charge on any atom is 0.330 e. The summed E-state index contributed by atoms with van der Waals surface area (Å²) in [6.07, 6.45) is 2.53. The molecular weight excluding hydrogens is 209 g/mol. The first-order valence-corrected chi connectivity index (χ1v) is 4.72. The molecule has 0 unspecified atom stereocenters. The number of hydrogen-bond acceptors (Lipinski definition) is 3. The molecule has 0 heterocycles. The Kier molecular flexibility index (Phi) is 4.22. The van der Waals surface area contributed by atoms with E-state index in [1.807, 2.05) is 6.07 Å². The number of rotatable bonds is 3. The minimum absolute atomic E-state index is 0.275. The van der Waals surface area contributed by atoms with Gasteiger partial charge in [-0.25, -0.2) is 9.18 Å². The second kappa shape index (κ2) is 5.66. The highest BCUT2D eigenvalue weighted by molar-refractivity contribution is 5.87.